The van der Waals surface area contributed by atoms with Crippen LogP contribution in [0.3, 0.4) is 0 Å². The highest BCUT2D eigenvalue weighted by molar-refractivity contribution is 6.30. The molecule has 1 aliphatic rings. The minimum Gasteiger partial charge on any atom is -0.492 e. The third-order valence-corrected chi connectivity index (χ3v) is 8.56. The van der Waals surface area contributed by atoms with Crippen LogP contribution in [0.4, 0.5) is 11.4 Å². The van der Waals surface area contributed by atoms with Gasteiger partial charge in [-0.1, -0.05) is 60.1 Å². The first-order valence-corrected chi connectivity index (χ1v) is 16.3. The average Bonchev–Trinajstić information content (AvgIpc) is 3.06. The minimum absolute atomic E-state index is 0.293. The summed E-state index contributed by atoms with van der Waals surface area (Å²) in [6, 6.07) is 28.1. The van der Waals surface area contributed by atoms with Crippen LogP contribution in [0.25, 0.3) is 0 Å². The molecule has 2 amide bonds. The van der Waals surface area contributed by atoms with Crippen molar-refractivity contribution in [3.63, 3.8) is 0 Å². The number of nitrogens with one attached hydrogen (secondary N) is 2. The van der Waals surface area contributed by atoms with E-state index in [1.807, 2.05) is 26.0 Å². The minimum atomic E-state index is -1.78. The predicted molar refractivity (Wildman–Crippen MR) is 185 cm³/mol. The van der Waals surface area contributed by atoms with E-state index in [0.29, 0.717) is 59.0 Å². The van der Waals surface area contributed by atoms with Crippen molar-refractivity contribution in [3.05, 3.63) is 113 Å². The highest BCUT2D eigenvalue weighted by Crippen LogP contribution is 2.47. The van der Waals surface area contributed by atoms with Gasteiger partial charge in [-0.3, -0.25) is 14.4 Å². The molecule has 4 unspecified atom stereocenters. The maximum atomic E-state index is 14.2. The molecular formula is C38H39ClN2O7. The number of carbonyl (C=O) groups is 3. The number of hydrogen-bond acceptors (Lipinski definition) is 7. The molecule has 0 aromatic heterocycles. The molecule has 3 N–H and O–H groups in total. The van der Waals surface area contributed by atoms with Crippen molar-refractivity contribution in [1.82, 2.24) is 0 Å². The standard InChI is InChI=1S/C38H39ClN2O7/c1-4-46-31-12-8-6-10-28(31)40-36(43)34-30(42)22-38(3,45)35(37(44)41-29-11-7-9-13-32(29)47-5-2)33(34)25-16-20-27(21-17-25)48-23-24-14-18-26(39)19-15-24/h6-21,33-35,45H,4-5,22-23H2,1-3H3,(H,40,43)(H,41,44). The number of rotatable bonds is 12. The molecule has 48 heavy (non-hydrogen) atoms. The Morgan fingerprint density at radius 3 is 1.90 bits per heavy atom. The van der Waals surface area contributed by atoms with Crippen LogP contribution >= 0.6 is 11.6 Å². The zero-order chi connectivity index (χ0) is 34.3. The van der Waals surface area contributed by atoms with Crippen LogP contribution in [0.15, 0.2) is 97.1 Å². The van der Waals surface area contributed by atoms with Crippen molar-refractivity contribution in [2.75, 3.05) is 23.8 Å². The number of aliphatic hydroxyl groups is 1. The first-order valence-electron chi connectivity index (χ1n) is 15.9. The Bertz CT molecular complexity index is 1740. The third-order valence-electron chi connectivity index (χ3n) is 8.31. The van der Waals surface area contributed by atoms with Gasteiger partial charge in [-0.25, -0.2) is 0 Å². The van der Waals surface area contributed by atoms with E-state index >= 15 is 0 Å². The Morgan fingerprint density at radius 2 is 1.33 bits per heavy atom. The van der Waals surface area contributed by atoms with Gasteiger partial charge in [0.05, 0.1) is 36.1 Å². The summed E-state index contributed by atoms with van der Waals surface area (Å²) >= 11 is 6.00. The van der Waals surface area contributed by atoms with Crippen molar-refractivity contribution >= 4 is 40.6 Å². The molecule has 0 heterocycles. The van der Waals surface area contributed by atoms with Gasteiger partial charge in [0.2, 0.25) is 11.8 Å². The number of ketones is 1. The van der Waals surface area contributed by atoms with E-state index in [0.717, 1.165) is 5.56 Å². The highest BCUT2D eigenvalue weighted by Gasteiger charge is 2.56. The second-order valence-electron chi connectivity index (χ2n) is 11.8. The first kappa shape index (κ1) is 34.5. The van der Waals surface area contributed by atoms with E-state index in [1.54, 1.807) is 84.9 Å². The van der Waals surface area contributed by atoms with Gasteiger partial charge >= 0.3 is 0 Å². The molecule has 4 atom stereocenters. The van der Waals surface area contributed by atoms with Gasteiger partial charge in [0.25, 0.3) is 0 Å². The van der Waals surface area contributed by atoms with Crippen LogP contribution in [-0.2, 0) is 21.0 Å². The zero-order valence-corrected chi connectivity index (χ0v) is 27.8. The Hall–Kier alpha value is -4.86. The molecule has 5 rings (SSSR count). The molecule has 0 radical (unpaired) electrons. The molecule has 0 aliphatic heterocycles. The summed E-state index contributed by atoms with van der Waals surface area (Å²) in [6.07, 6.45) is -0.401. The number of ether oxygens (including phenoxy) is 3. The first-order chi connectivity index (χ1) is 23.1. The largest absolute Gasteiger partial charge is 0.492 e. The van der Waals surface area contributed by atoms with Crippen LogP contribution < -0.4 is 24.8 Å². The smallest absolute Gasteiger partial charge is 0.235 e. The van der Waals surface area contributed by atoms with Gasteiger partial charge in [-0.2, -0.15) is 0 Å². The van der Waals surface area contributed by atoms with Gasteiger partial charge in [0, 0.05) is 17.4 Å². The molecule has 0 saturated heterocycles. The molecule has 0 spiro atoms. The number of halogens is 1. The lowest BCUT2D eigenvalue weighted by molar-refractivity contribution is -0.150. The van der Waals surface area contributed by atoms with E-state index < -0.39 is 47.4 Å². The summed E-state index contributed by atoms with van der Waals surface area (Å²) in [6.45, 7) is 6.17. The molecule has 1 aliphatic carbocycles. The fourth-order valence-electron chi connectivity index (χ4n) is 6.15. The second kappa shape index (κ2) is 15.4. The van der Waals surface area contributed by atoms with Crippen molar-refractivity contribution < 1.29 is 33.7 Å². The van der Waals surface area contributed by atoms with E-state index in [9.17, 15) is 19.5 Å². The molecule has 4 aromatic carbocycles. The summed E-state index contributed by atoms with van der Waals surface area (Å²) in [5.74, 6) is -3.75. The van der Waals surface area contributed by atoms with Crippen molar-refractivity contribution in [2.45, 2.75) is 45.3 Å². The third kappa shape index (κ3) is 7.98. The summed E-state index contributed by atoms with van der Waals surface area (Å²) in [7, 11) is 0. The average molecular weight is 671 g/mol. The Balaban J connectivity index is 1.51. The molecular weight excluding hydrogens is 632 g/mol. The van der Waals surface area contributed by atoms with Gasteiger partial charge < -0.3 is 30.0 Å². The van der Waals surface area contributed by atoms with E-state index in [1.165, 1.54) is 6.92 Å². The lowest BCUT2D eigenvalue weighted by Crippen LogP contribution is -2.56. The fraction of sp³-hybridized carbons (Fsp3) is 0.289. The molecule has 9 nitrogen and oxygen atoms in total. The van der Waals surface area contributed by atoms with E-state index in [-0.39, 0.29) is 0 Å². The number of carbonyl (C=O) groups excluding carboxylic acids is 3. The number of benzene rings is 4. The van der Waals surface area contributed by atoms with Crippen LogP contribution in [-0.4, -0.2) is 41.5 Å². The molecule has 4 aromatic rings. The molecule has 1 fully saturated rings. The number of hydrogen-bond donors (Lipinski definition) is 3. The molecule has 1 saturated carbocycles. The maximum Gasteiger partial charge on any atom is 0.235 e. The number of Topliss-reactive ketones (excluding diaryl/α,β-unsaturated/α-hetero) is 1. The van der Waals surface area contributed by atoms with Gasteiger partial charge in [0.15, 0.2) is 0 Å². The Labute approximate surface area is 285 Å². The van der Waals surface area contributed by atoms with Crippen molar-refractivity contribution in [3.8, 4) is 17.2 Å². The SMILES string of the molecule is CCOc1ccccc1NC(=O)C1C(=O)CC(C)(O)C(C(=O)Nc2ccccc2OCC)C1c1ccc(OCc2ccc(Cl)cc2)cc1. The van der Waals surface area contributed by atoms with Crippen molar-refractivity contribution in [2.24, 2.45) is 11.8 Å². The molecule has 0 bridgehead atoms. The van der Waals surface area contributed by atoms with E-state index in [4.69, 9.17) is 25.8 Å². The molecule has 250 valence electrons. The maximum absolute atomic E-state index is 14.2. The van der Waals surface area contributed by atoms with Crippen LogP contribution in [0.5, 0.6) is 17.2 Å². The normalized spacial score (nSPS) is 20.4. The molecule has 10 heteroatoms. The van der Waals surface area contributed by atoms with E-state index in [2.05, 4.69) is 10.6 Å². The van der Waals surface area contributed by atoms with Crippen LogP contribution in [0.1, 0.15) is 44.2 Å². The zero-order valence-electron chi connectivity index (χ0n) is 27.1. The van der Waals surface area contributed by atoms with Gasteiger partial charge in [0.1, 0.15) is 35.6 Å². The van der Waals surface area contributed by atoms with Crippen LogP contribution in [0.2, 0.25) is 5.02 Å². The number of amides is 2. The monoisotopic (exact) mass is 670 g/mol. The summed E-state index contributed by atoms with van der Waals surface area (Å²) in [5, 5.41) is 18.1. The Kier molecular flexibility index (Phi) is 11.0. The lowest BCUT2D eigenvalue weighted by atomic mass is 9.61. The summed E-state index contributed by atoms with van der Waals surface area (Å²) in [5.41, 5.74) is 0.458. The van der Waals surface area contributed by atoms with Crippen LogP contribution in [0, 0.1) is 11.8 Å². The quantitative estimate of drug-likeness (QED) is 0.138. The van der Waals surface area contributed by atoms with Gasteiger partial charge in [-0.05, 0) is 80.4 Å². The number of para-hydroxylation sites is 4. The van der Waals surface area contributed by atoms with Gasteiger partial charge in [-0.15, -0.1) is 0 Å². The predicted octanol–water partition coefficient (Wildman–Crippen LogP) is 7.03. The highest BCUT2D eigenvalue weighted by atomic mass is 35.5. The topological polar surface area (TPSA) is 123 Å². The lowest BCUT2D eigenvalue weighted by Gasteiger charge is -2.44. The van der Waals surface area contributed by atoms with Crippen molar-refractivity contribution in [1.29, 1.82) is 0 Å². The Morgan fingerprint density at radius 1 is 0.792 bits per heavy atom. The number of anilines is 2. The fourth-order valence-corrected chi connectivity index (χ4v) is 6.27. The second-order valence-corrected chi connectivity index (χ2v) is 12.2. The summed E-state index contributed by atoms with van der Waals surface area (Å²) in [4.78, 5) is 42.1. The summed E-state index contributed by atoms with van der Waals surface area (Å²) < 4.78 is 17.4.